The predicted molar refractivity (Wildman–Crippen MR) is 81.9 cm³/mol. The van der Waals surface area contributed by atoms with Gasteiger partial charge in [0.15, 0.2) is 5.96 Å². The molecule has 0 saturated carbocycles. The van der Waals surface area contributed by atoms with Crippen LogP contribution in [0.15, 0.2) is 51.8 Å². The highest BCUT2D eigenvalue weighted by Gasteiger charge is 2.10. The number of hydrogen-bond donors (Lipinski definition) is 4. The number of aliphatic imine (C=N–C) groups is 2. The zero-order valence-corrected chi connectivity index (χ0v) is 11.4. The number of aliphatic hydroxyl groups excluding tert-OH is 1. The van der Waals surface area contributed by atoms with Gasteiger partial charge in [0.25, 0.3) is 0 Å². The summed E-state index contributed by atoms with van der Waals surface area (Å²) in [7, 11) is 0. The maximum absolute atomic E-state index is 10.2. The van der Waals surface area contributed by atoms with Crippen LogP contribution in [-0.4, -0.2) is 17.0 Å². The normalized spacial score (nSPS) is 12.9. The lowest BCUT2D eigenvalue weighted by molar-refractivity contribution is 0.224. The fourth-order valence-corrected chi connectivity index (χ4v) is 2.37. The predicted octanol–water partition coefficient (Wildman–Crippen LogP) is 1.05. The van der Waals surface area contributed by atoms with E-state index in [9.17, 15) is 5.11 Å². The minimum atomic E-state index is -0.636. The number of rotatable bonds is 3. The van der Waals surface area contributed by atoms with E-state index in [0.29, 0.717) is 5.69 Å². The second-order valence-electron chi connectivity index (χ2n) is 4.02. The molecule has 1 aromatic carbocycles. The van der Waals surface area contributed by atoms with Gasteiger partial charge in [0, 0.05) is 4.88 Å². The molecule has 0 aliphatic carbocycles. The Morgan fingerprint density at radius 3 is 2.35 bits per heavy atom. The van der Waals surface area contributed by atoms with Gasteiger partial charge in [0.1, 0.15) is 6.10 Å². The van der Waals surface area contributed by atoms with E-state index in [2.05, 4.69) is 9.98 Å². The Morgan fingerprint density at radius 1 is 1.10 bits per heavy atom. The van der Waals surface area contributed by atoms with E-state index in [-0.39, 0.29) is 11.9 Å². The Balaban J connectivity index is 2.16. The summed E-state index contributed by atoms with van der Waals surface area (Å²) < 4.78 is 0. The standard InChI is InChI=1S/C13H15N5OS/c14-12(15)18-13(16)17-9-5-3-8(4-6-9)11(19)10-2-1-7-20-10/h1-7,11,19H,(H6,14,15,16,17,18). The maximum atomic E-state index is 10.2. The molecule has 7 N–H and O–H groups in total. The number of nitrogens with zero attached hydrogens (tertiary/aromatic N) is 2. The third-order valence-corrected chi connectivity index (χ3v) is 3.43. The van der Waals surface area contributed by atoms with Crippen molar-refractivity contribution in [2.45, 2.75) is 6.10 Å². The van der Waals surface area contributed by atoms with Crippen LogP contribution < -0.4 is 17.2 Å². The topological polar surface area (TPSA) is 123 Å². The summed E-state index contributed by atoms with van der Waals surface area (Å²) in [5.41, 5.74) is 17.3. The largest absolute Gasteiger partial charge is 0.383 e. The van der Waals surface area contributed by atoms with E-state index < -0.39 is 6.10 Å². The second-order valence-corrected chi connectivity index (χ2v) is 5.00. The third kappa shape index (κ3) is 3.56. The molecular formula is C13H15N5OS. The molecule has 1 heterocycles. The van der Waals surface area contributed by atoms with Crippen LogP contribution >= 0.6 is 11.3 Å². The minimum Gasteiger partial charge on any atom is -0.383 e. The van der Waals surface area contributed by atoms with Crippen LogP contribution in [0.1, 0.15) is 16.5 Å². The average Bonchev–Trinajstić information content (AvgIpc) is 2.91. The number of aliphatic hydroxyl groups is 1. The molecule has 0 amide bonds. The lowest BCUT2D eigenvalue weighted by Crippen LogP contribution is -2.26. The lowest BCUT2D eigenvalue weighted by atomic mass is 10.1. The summed E-state index contributed by atoms with van der Waals surface area (Å²) >= 11 is 1.50. The van der Waals surface area contributed by atoms with Crippen molar-refractivity contribution < 1.29 is 5.11 Å². The number of hydrogen-bond acceptors (Lipinski definition) is 3. The van der Waals surface area contributed by atoms with Crippen molar-refractivity contribution >= 4 is 28.9 Å². The van der Waals surface area contributed by atoms with Crippen molar-refractivity contribution in [3.05, 3.63) is 52.2 Å². The Kier molecular flexibility index (Phi) is 4.34. The maximum Gasteiger partial charge on any atom is 0.223 e. The van der Waals surface area contributed by atoms with Gasteiger partial charge in [-0.1, -0.05) is 18.2 Å². The molecule has 0 saturated heterocycles. The van der Waals surface area contributed by atoms with E-state index in [1.54, 1.807) is 24.3 Å². The van der Waals surface area contributed by atoms with Gasteiger partial charge >= 0.3 is 0 Å². The van der Waals surface area contributed by atoms with Crippen LogP contribution in [0.2, 0.25) is 0 Å². The first-order valence-corrected chi connectivity index (χ1v) is 6.69. The van der Waals surface area contributed by atoms with E-state index in [0.717, 1.165) is 10.4 Å². The first-order valence-electron chi connectivity index (χ1n) is 5.81. The fourth-order valence-electron chi connectivity index (χ4n) is 1.63. The van der Waals surface area contributed by atoms with Gasteiger partial charge in [-0.05, 0) is 29.1 Å². The molecule has 0 radical (unpaired) electrons. The van der Waals surface area contributed by atoms with Gasteiger partial charge in [-0.3, -0.25) is 0 Å². The molecule has 7 heteroatoms. The average molecular weight is 289 g/mol. The van der Waals surface area contributed by atoms with Crippen LogP contribution in [0.25, 0.3) is 0 Å². The summed E-state index contributed by atoms with van der Waals surface area (Å²) in [5, 5.41) is 12.1. The van der Waals surface area contributed by atoms with E-state index in [4.69, 9.17) is 17.2 Å². The van der Waals surface area contributed by atoms with Crippen molar-refractivity contribution in [3.63, 3.8) is 0 Å². The molecular weight excluding hydrogens is 274 g/mol. The zero-order chi connectivity index (χ0) is 14.5. The summed E-state index contributed by atoms with van der Waals surface area (Å²) in [6.45, 7) is 0. The fraction of sp³-hybridized carbons (Fsp3) is 0.0769. The highest BCUT2D eigenvalue weighted by atomic mass is 32.1. The number of nitrogens with two attached hydrogens (primary N) is 3. The number of benzene rings is 1. The zero-order valence-electron chi connectivity index (χ0n) is 10.6. The van der Waals surface area contributed by atoms with Gasteiger partial charge in [0.2, 0.25) is 5.96 Å². The molecule has 0 aliphatic rings. The molecule has 104 valence electrons. The Morgan fingerprint density at radius 2 is 1.80 bits per heavy atom. The van der Waals surface area contributed by atoms with Crippen LogP contribution in [0.4, 0.5) is 5.69 Å². The molecule has 0 fully saturated rings. The molecule has 0 bridgehead atoms. The molecule has 6 nitrogen and oxygen atoms in total. The second kappa shape index (κ2) is 6.18. The van der Waals surface area contributed by atoms with Crippen molar-refractivity contribution in [2.75, 3.05) is 0 Å². The summed E-state index contributed by atoms with van der Waals surface area (Å²) in [5.74, 6) is -0.160. The number of guanidine groups is 2. The van der Waals surface area contributed by atoms with Gasteiger partial charge in [-0.15, -0.1) is 11.3 Å². The van der Waals surface area contributed by atoms with Crippen LogP contribution in [-0.2, 0) is 0 Å². The van der Waals surface area contributed by atoms with E-state index in [1.807, 2.05) is 17.5 Å². The molecule has 2 rings (SSSR count). The van der Waals surface area contributed by atoms with Crippen molar-refractivity contribution in [2.24, 2.45) is 27.2 Å². The molecule has 20 heavy (non-hydrogen) atoms. The molecule has 2 aromatic rings. The van der Waals surface area contributed by atoms with Gasteiger partial charge < -0.3 is 22.3 Å². The van der Waals surface area contributed by atoms with Crippen molar-refractivity contribution in [3.8, 4) is 0 Å². The quantitative estimate of drug-likeness (QED) is 0.498. The van der Waals surface area contributed by atoms with E-state index >= 15 is 0 Å². The van der Waals surface area contributed by atoms with E-state index in [1.165, 1.54) is 11.3 Å². The third-order valence-electron chi connectivity index (χ3n) is 2.51. The highest BCUT2D eigenvalue weighted by molar-refractivity contribution is 7.10. The van der Waals surface area contributed by atoms with Gasteiger partial charge in [-0.25, -0.2) is 4.99 Å². The molecule has 1 unspecified atom stereocenters. The van der Waals surface area contributed by atoms with Crippen LogP contribution in [0.5, 0.6) is 0 Å². The van der Waals surface area contributed by atoms with Crippen LogP contribution in [0, 0.1) is 0 Å². The smallest absolute Gasteiger partial charge is 0.223 e. The molecule has 1 aromatic heterocycles. The lowest BCUT2D eigenvalue weighted by Gasteiger charge is -2.08. The highest BCUT2D eigenvalue weighted by Crippen LogP contribution is 2.27. The first-order chi connectivity index (χ1) is 9.56. The molecule has 0 spiro atoms. The minimum absolute atomic E-state index is 0.0171. The SMILES string of the molecule is NC(N)=NC(N)=Nc1ccc(C(O)c2cccs2)cc1. The van der Waals surface area contributed by atoms with Gasteiger partial charge in [-0.2, -0.15) is 4.99 Å². The summed E-state index contributed by atoms with van der Waals surface area (Å²) in [6, 6.07) is 10.8. The Bertz CT molecular complexity index is 615. The van der Waals surface area contributed by atoms with Crippen molar-refractivity contribution in [1.29, 1.82) is 0 Å². The van der Waals surface area contributed by atoms with Gasteiger partial charge in [0.05, 0.1) is 5.69 Å². The molecule has 0 aliphatic heterocycles. The first kappa shape index (κ1) is 14.0. The Labute approximate surface area is 120 Å². The van der Waals surface area contributed by atoms with Crippen molar-refractivity contribution in [1.82, 2.24) is 0 Å². The summed E-state index contributed by atoms with van der Waals surface area (Å²) in [6.07, 6.45) is -0.636. The Hall–Kier alpha value is -2.38. The molecule has 1 atom stereocenters. The monoisotopic (exact) mass is 289 g/mol. The number of thiophene rings is 1. The summed E-state index contributed by atoms with van der Waals surface area (Å²) in [4.78, 5) is 8.54. The van der Waals surface area contributed by atoms with Crippen LogP contribution in [0.3, 0.4) is 0 Å².